The molecule has 0 saturated carbocycles. The molecule has 34 heavy (non-hydrogen) atoms. The van der Waals surface area contributed by atoms with Crippen molar-refractivity contribution in [3.63, 3.8) is 0 Å². The van der Waals surface area contributed by atoms with Crippen LogP contribution in [0.15, 0.2) is 83.3 Å². The molecule has 5 aromatic rings. The molecule has 2 heterocycles. The topological polar surface area (TPSA) is 55.1 Å². The van der Waals surface area contributed by atoms with Crippen molar-refractivity contribution < 1.29 is 9.21 Å². The van der Waals surface area contributed by atoms with Crippen LogP contribution in [0.5, 0.6) is 0 Å². The number of carbonyl (C=O) groups is 1. The number of anilines is 1. The minimum Gasteiger partial charge on any atom is -0.457 e. The number of nitrogens with one attached hydrogen (secondary N) is 1. The molecule has 2 aromatic heterocycles. The molecule has 0 aliphatic rings. The lowest BCUT2D eigenvalue weighted by Crippen LogP contribution is -2.07. The molecule has 0 unspecified atom stereocenters. The number of benzene rings is 3. The number of furan rings is 1. The number of hydrogen-bond donors (Lipinski definition) is 1. The summed E-state index contributed by atoms with van der Waals surface area (Å²) in [7, 11) is 0. The van der Waals surface area contributed by atoms with Crippen molar-refractivity contribution in [2.24, 2.45) is 0 Å². The van der Waals surface area contributed by atoms with Crippen LogP contribution in [-0.4, -0.2) is 10.9 Å². The zero-order valence-corrected chi connectivity index (χ0v) is 20.5. The summed E-state index contributed by atoms with van der Waals surface area (Å²) in [6.07, 6.45) is 2.99. The number of nitrogens with zero attached hydrogens (tertiary/aromatic N) is 1. The van der Waals surface area contributed by atoms with Gasteiger partial charge in [0.1, 0.15) is 16.5 Å². The van der Waals surface area contributed by atoms with E-state index in [0.29, 0.717) is 32.3 Å². The maximum Gasteiger partial charge on any atom is 0.248 e. The molecule has 4 nitrogen and oxygen atoms in total. The molecule has 168 valence electrons. The number of halogens is 3. The maximum atomic E-state index is 12.5. The van der Waals surface area contributed by atoms with E-state index in [9.17, 15) is 4.79 Å². The summed E-state index contributed by atoms with van der Waals surface area (Å²) in [6.45, 7) is 0. The summed E-state index contributed by atoms with van der Waals surface area (Å²) in [5.41, 5.74) is 3.04. The van der Waals surface area contributed by atoms with Crippen LogP contribution in [0, 0.1) is 0 Å². The first kappa shape index (κ1) is 22.7. The van der Waals surface area contributed by atoms with Crippen molar-refractivity contribution in [1.82, 2.24) is 4.98 Å². The van der Waals surface area contributed by atoms with E-state index in [-0.39, 0.29) is 5.91 Å². The van der Waals surface area contributed by atoms with Gasteiger partial charge in [0.15, 0.2) is 0 Å². The molecule has 5 rings (SSSR count). The normalized spacial score (nSPS) is 11.4. The fraction of sp³-hybridized carbons (Fsp3) is 0. The summed E-state index contributed by atoms with van der Waals surface area (Å²) in [4.78, 5) is 17.2. The second-order valence-electron chi connectivity index (χ2n) is 7.36. The number of aromatic nitrogens is 1. The van der Waals surface area contributed by atoms with Crippen LogP contribution < -0.4 is 5.32 Å². The largest absolute Gasteiger partial charge is 0.457 e. The minimum absolute atomic E-state index is 0.304. The van der Waals surface area contributed by atoms with Gasteiger partial charge >= 0.3 is 0 Å². The van der Waals surface area contributed by atoms with Crippen LogP contribution in [0.3, 0.4) is 0 Å². The van der Waals surface area contributed by atoms with Gasteiger partial charge in [-0.15, -0.1) is 11.3 Å². The first-order valence-electron chi connectivity index (χ1n) is 10.2. The molecule has 0 spiro atoms. The zero-order valence-electron chi connectivity index (χ0n) is 17.4. The molecule has 0 radical (unpaired) electrons. The first-order chi connectivity index (χ1) is 16.4. The fourth-order valence-corrected chi connectivity index (χ4v) is 5.17. The van der Waals surface area contributed by atoms with Gasteiger partial charge < -0.3 is 9.73 Å². The van der Waals surface area contributed by atoms with Gasteiger partial charge in [-0.1, -0.05) is 46.9 Å². The quantitative estimate of drug-likeness (QED) is 0.233. The number of thiazole rings is 1. The van der Waals surface area contributed by atoms with Gasteiger partial charge in [0.25, 0.3) is 0 Å². The molecule has 0 aliphatic heterocycles. The molecule has 0 aliphatic carbocycles. The second-order valence-corrected chi connectivity index (χ2v) is 9.67. The smallest absolute Gasteiger partial charge is 0.248 e. The van der Waals surface area contributed by atoms with Crippen LogP contribution in [0.25, 0.3) is 38.2 Å². The molecular weight excluding hydrogens is 511 g/mol. The average molecular weight is 526 g/mol. The van der Waals surface area contributed by atoms with Crippen LogP contribution in [0.2, 0.25) is 15.1 Å². The SMILES string of the molecule is O=C(/C=C/c1ccc(-c2cc(Cl)cc(Cl)c2)o1)Nc1ccc(Cl)c(-c2nc3ccccc3s2)c1. The number of rotatable bonds is 5. The Labute approximate surface area is 214 Å². The molecule has 0 fully saturated rings. The highest BCUT2D eigenvalue weighted by Gasteiger charge is 2.12. The van der Waals surface area contributed by atoms with Crippen molar-refractivity contribution in [3.8, 4) is 21.9 Å². The Kier molecular flexibility index (Phi) is 6.44. The summed E-state index contributed by atoms with van der Waals surface area (Å²) in [5.74, 6) is 0.816. The number of carbonyl (C=O) groups excluding carboxylic acids is 1. The predicted molar refractivity (Wildman–Crippen MR) is 142 cm³/mol. The highest BCUT2D eigenvalue weighted by Crippen LogP contribution is 2.36. The van der Waals surface area contributed by atoms with Crippen LogP contribution in [0.1, 0.15) is 5.76 Å². The van der Waals surface area contributed by atoms with Crippen LogP contribution in [-0.2, 0) is 4.79 Å². The lowest BCUT2D eigenvalue weighted by molar-refractivity contribution is -0.111. The third-order valence-corrected chi connectivity index (χ3v) is 6.77. The van der Waals surface area contributed by atoms with Gasteiger partial charge in [0.05, 0.1) is 15.2 Å². The monoisotopic (exact) mass is 524 g/mol. The van der Waals surface area contributed by atoms with Crippen molar-refractivity contribution in [3.05, 3.63) is 99.7 Å². The van der Waals surface area contributed by atoms with Gasteiger partial charge in [-0.05, 0) is 66.7 Å². The van der Waals surface area contributed by atoms with Crippen molar-refractivity contribution >= 4 is 74.0 Å². The van der Waals surface area contributed by atoms with Gasteiger partial charge in [-0.3, -0.25) is 4.79 Å². The van der Waals surface area contributed by atoms with E-state index in [1.54, 1.807) is 59.9 Å². The first-order valence-corrected chi connectivity index (χ1v) is 12.1. The number of amides is 1. The average Bonchev–Trinajstić information content (AvgIpc) is 3.45. The zero-order chi connectivity index (χ0) is 23.7. The summed E-state index contributed by atoms with van der Waals surface area (Å²) in [6, 6.07) is 21.9. The summed E-state index contributed by atoms with van der Waals surface area (Å²) < 4.78 is 6.87. The lowest BCUT2D eigenvalue weighted by Gasteiger charge is -2.06. The van der Waals surface area contributed by atoms with Crippen molar-refractivity contribution in [2.75, 3.05) is 5.32 Å². The highest BCUT2D eigenvalue weighted by atomic mass is 35.5. The Bertz CT molecular complexity index is 1500. The molecule has 0 saturated heterocycles. The minimum atomic E-state index is -0.304. The molecule has 1 N–H and O–H groups in total. The number of para-hydroxylation sites is 1. The van der Waals surface area contributed by atoms with Crippen molar-refractivity contribution in [1.29, 1.82) is 0 Å². The molecule has 3 aromatic carbocycles. The third kappa shape index (κ3) is 5.03. The van der Waals surface area contributed by atoms with E-state index in [2.05, 4.69) is 10.3 Å². The Morgan fingerprint density at radius 3 is 2.53 bits per heavy atom. The van der Waals surface area contributed by atoms with Gasteiger partial charge in [0.2, 0.25) is 5.91 Å². The van der Waals surface area contributed by atoms with E-state index in [1.165, 1.54) is 6.08 Å². The van der Waals surface area contributed by atoms with E-state index in [0.717, 1.165) is 26.4 Å². The molecular formula is C26H15Cl3N2O2S. The Hall–Kier alpha value is -3.09. The third-order valence-electron chi connectivity index (χ3n) is 4.93. The molecule has 0 atom stereocenters. The molecule has 1 amide bonds. The summed E-state index contributed by atoms with van der Waals surface area (Å²) >= 11 is 20.1. The van der Waals surface area contributed by atoms with E-state index in [1.807, 2.05) is 30.3 Å². The van der Waals surface area contributed by atoms with Crippen LogP contribution in [0.4, 0.5) is 5.69 Å². The Morgan fingerprint density at radius 1 is 0.941 bits per heavy atom. The number of fused-ring (bicyclic) bond motifs is 1. The second kappa shape index (κ2) is 9.65. The highest BCUT2D eigenvalue weighted by molar-refractivity contribution is 7.21. The summed E-state index contributed by atoms with van der Waals surface area (Å²) in [5, 5.41) is 5.25. The number of hydrogen-bond acceptors (Lipinski definition) is 4. The molecule has 8 heteroatoms. The lowest BCUT2D eigenvalue weighted by atomic mass is 10.2. The maximum absolute atomic E-state index is 12.5. The van der Waals surface area contributed by atoms with Gasteiger partial charge in [0, 0.05) is 32.9 Å². The van der Waals surface area contributed by atoms with Crippen LogP contribution >= 0.6 is 46.1 Å². The fourth-order valence-electron chi connectivity index (χ4n) is 3.39. The van der Waals surface area contributed by atoms with Gasteiger partial charge in [-0.2, -0.15) is 0 Å². The predicted octanol–water partition coefficient (Wildman–Crippen LogP) is 8.84. The van der Waals surface area contributed by atoms with Gasteiger partial charge in [-0.25, -0.2) is 4.98 Å². The Morgan fingerprint density at radius 2 is 1.74 bits per heavy atom. The molecule has 0 bridgehead atoms. The van der Waals surface area contributed by atoms with E-state index >= 15 is 0 Å². The van der Waals surface area contributed by atoms with E-state index in [4.69, 9.17) is 39.2 Å². The van der Waals surface area contributed by atoms with Crippen molar-refractivity contribution in [2.45, 2.75) is 0 Å². The van der Waals surface area contributed by atoms with E-state index < -0.39 is 0 Å². The standard InChI is InChI=1S/C26H15Cl3N2O2S/c27-16-11-15(12-17(28)13-16)23-9-6-19(33-23)7-10-25(32)30-18-5-8-21(29)20(14-18)26-31-22-3-1-2-4-24(22)34-26/h1-14H,(H,30,32)/b10-7+. The Balaban J connectivity index is 1.31.